The number of para-hydroxylation sites is 1. The lowest BCUT2D eigenvalue weighted by atomic mass is 9.81. The molecule has 1 unspecified atom stereocenters. The molecule has 260 valence electrons. The Labute approximate surface area is 282 Å². The third kappa shape index (κ3) is 6.86. The van der Waals surface area contributed by atoms with Crippen LogP contribution in [0.5, 0.6) is 0 Å². The minimum Gasteiger partial charge on any atom is -0.338 e. The molecule has 49 heavy (non-hydrogen) atoms. The molecule has 12 nitrogen and oxygen atoms in total. The Morgan fingerprint density at radius 2 is 1.71 bits per heavy atom. The number of alkyl halides is 2. The van der Waals surface area contributed by atoms with E-state index in [4.69, 9.17) is 0 Å². The van der Waals surface area contributed by atoms with Crippen molar-refractivity contribution in [2.45, 2.75) is 89.8 Å². The summed E-state index contributed by atoms with van der Waals surface area (Å²) in [6.45, 7) is 7.83. The van der Waals surface area contributed by atoms with E-state index in [0.29, 0.717) is 17.9 Å². The van der Waals surface area contributed by atoms with E-state index in [0.717, 1.165) is 16.7 Å². The van der Waals surface area contributed by atoms with E-state index in [1.165, 1.54) is 6.92 Å². The highest BCUT2D eigenvalue weighted by atomic mass is 19.3. The van der Waals surface area contributed by atoms with Gasteiger partial charge in [0.2, 0.25) is 11.8 Å². The van der Waals surface area contributed by atoms with E-state index in [2.05, 4.69) is 36.2 Å². The normalized spacial score (nSPS) is 22.4. The fourth-order valence-electron chi connectivity index (χ4n) is 7.13. The van der Waals surface area contributed by atoms with Gasteiger partial charge in [0.25, 0.3) is 11.8 Å². The van der Waals surface area contributed by atoms with Crippen LogP contribution in [-0.4, -0.2) is 69.1 Å². The number of rotatable bonds is 9. The molecule has 1 aromatic heterocycles. The van der Waals surface area contributed by atoms with Gasteiger partial charge < -0.3 is 26.2 Å². The molecule has 14 heteroatoms. The van der Waals surface area contributed by atoms with Crippen molar-refractivity contribution in [1.82, 2.24) is 25.8 Å². The molecule has 5 amide bonds. The van der Waals surface area contributed by atoms with Crippen LogP contribution in [0.3, 0.4) is 0 Å². The number of carbonyl (C=O) groups is 4. The molecule has 6 rings (SSSR count). The summed E-state index contributed by atoms with van der Waals surface area (Å²) in [6.07, 6.45) is -0.228. The molecule has 3 aromatic rings. The van der Waals surface area contributed by atoms with E-state index in [-0.39, 0.29) is 61.0 Å². The lowest BCUT2D eigenvalue weighted by Gasteiger charge is -2.37. The summed E-state index contributed by atoms with van der Waals surface area (Å²) >= 11 is 0. The molecule has 3 aliphatic rings. The van der Waals surface area contributed by atoms with Gasteiger partial charge in [-0.25, -0.2) is 18.2 Å². The Morgan fingerprint density at radius 1 is 1.00 bits per heavy atom. The second kappa shape index (κ2) is 13.2. The summed E-state index contributed by atoms with van der Waals surface area (Å²) in [6, 6.07) is 11.2. The zero-order valence-corrected chi connectivity index (χ0v) is 27.9. The summed E-state index contributed by atoms with van der Waals surface area (Å²) in [5.41, 5.74) is 2.48. The Hall–Kier alpha value is -4.88. The molecule has 0 radical (unpaired) electrons. The number of halogens is 2. The van der Waals surface area contributed by atoms with Crippen LogP contribution in [0.15, 0.2) is 47.1 Å². The van der Waals surface area contributed by atoms with E-state index in [1.54, 1.807) is 17.0 Å². The molecule has 1 aliphatic heterocycles. The summed E-state index contributed by atoms with van der Waals surface area (Å²) in [5, 5.41) is 18.9. The van der Waals surface area contributed by atoms with Crippen LogP contribution in [-0.2, 0) is 22.4 Å². The second-order valence-electron chi connectivity index (χ2n) is 13.9. The highest BCUT2D eigenvalue weighted by molar-refractivity contribution is 6.03. The van der Waals surface area contributed by atoms with Crippen molar-refractivity contribution in [3.63, 3.8) is 0 Å². The Kier molecular flexibility index (Phi) is 9.16. The summed E-state index contributed by atoms with van der Waals surface area (Å²) in [4.78, 5) is 56.1. The number of amides is 5. The zero-order valence-electron chi connectivity index (χ0n) is 27.9. The maximum Gasteiger partial charge on any atom is 0.318 e. The molecule has 2 heterocycles. The number of urea groups is 1. The van der Waals surface area contributed by atoms with Crippen molar-refractivity contribution in [3.05, 3.63) is 70.5 Å². The highest BCUT2D eigenvalue weighted by Gasteiger charge is 2.53. The molecule has 0 spiro atoms. The maximum atomic E-state index is 14.3. The number of aromatic nitrogens is 2. The first kappa shape index (κ1) is 34.0. The van der Waals surface area contributed by atoms with Gasteiger partial charge in [0.05, 0.1) is 6.04 Å². The van der Waals surface area contributed by atoms with Gasteiger partial charge in [-0.2, -0.15) is 0 Å². The Morgan fingerprint density at radius 3 is 2.37 bits per heavy atom. The van der Waals surface area contributed by atoms with Crippen LogP contribution in [0, 0.1) is 25.7 Å². The maximum absolute atomic E-state index is 14.3. The largest absolute Gasteiger partial charge is 0.338 e. The highest BCUT2D eigenvalue weighted by Crippen LogP contribution is 2.40. The number of hydrogen-bond donors (Lipinski definition) is 4. The first-order chi connectivity index (χ1) is 23.3. The van der Waals surface area contributed by atoms with Gasteiger partial charge in [-0.15, -0.1) is 0 Å². The smallest absolute Gasteiger partial charge is 0.318 e. The van der Waals surface area contributed by atoms with Crippen molar-refractivity contribution in [3.8, 4) is 0 Å². The molecule has 1 saturated heterocycles. The summed E-state index contributed by atoms with van der Waals surface area (Å²) < 4.78 is 32.7. The van der Waals surface area contributed by atoms with E-state index in [1.807, 2.05) is 51.1 Å². The third-order valence-corrected chi connectivity index (χ3v) is 10.2. The molecule has 1 saturated carbocycles. The van der Waals surface area contributed by atoms with Gasteiger partial charge in [-0.05, 0) is 78.6 Å². The second-order valence-corrected chi connectivity index (χ2v) is 13.9. The van der Waals surface area contributed by atoms with Gasteiger partial charge in [-0.3, -0.25) is 14.4 Å². The van der Waals surface area contributed by atoms with E-state index >= 15 is 0 Å². The van der Waals surface area contributed by atoms with Gasteiger partial charge in [0.15, 0.2) is 5.69 Å². The lowest BCUT2D eigenvalue weighted by Crippen LogP contribution is -2.59. The first-order valence-corrected chi connectivity index (χ1v) is 16.6. The number of benzene rings is 2. The van der Waals surface area contributed by atoms with Crippen molar-refractivity contribution < 1.29 is 32.6 Å². The molecule has 4 N–H and O–H groups in total. The van der Waals surface area contributed by atoms with Gasteiger partial charge in [0.1, 0.15) is 17.3 Å². The molecular formula is C35H41F2N7O5. The van der Waals surface area contributed by atoms with Crippen molar-refractivity contribution in [2.75, 3.05) is 17.2 Å². The van der Waals surface area contributed by atoms with Crippen molar-refractivity contribution in [2.24, 2.45) is 11.8 Å². The van der Waals surface area contributed by atoms with Gasteiger partial charge in [-0.1, -0.05) is 43.3 Å². The van der Waals surface area contributed by atoms with Crippen molar-refractivity contribution in [1.29, 1.82) is 0 Å². The van der Waals surface area contributed by atoms with Gasteiger partial charge in [0, 0.05) is 43.6 Å². The molecule has 2 fully saturated rings. The minimum absolute atomic E-state index is 0.0411. The van der Waals surface area contributed by atoms with E-state index in [9.17, 15) is 28.0 Å². The predicted octanol–water partition coefficient (Wildman–Crippen LogP) is 4.77. The third-order valence-electron chi connectivity index (χ3n) is 10.2. The number of anilines is 2. The SMILES string of the molecule is Cc1ccccc1NC(=O)C1(N2C[C@@H](C(C)C)NC2=O)Cc2ccc(NC(=O)[C@@H](NC(=O)c3nonc3C)C3CCC(F)(F)CC3)cc2C1. The number of nitrogens with one attached hydrogen (secondary N) is 4. The zero-order chi connectivity index (χ0) is 35.1. The topological polar surface area (TPSA) is 159 Å². The molecule has 3 atom stereocenters. The summed E-state index contributed by atoms with van der Waals surface area (Å²) in [5.74, 6) is -4.79. The van der Waals surface area contributed by atoms with Crippen LogP contribution in [0.25, 0.3) is 0 Å². The number of fused-ring (bicyclic) bond motifs is 1. The van der Waals surface area contributed by atoms with Gasteiger partial charge >= 0.3 is 6.03 Å². The van der Waals surface area contributed by atoms with Crippen LogP contribution in [0.1, 0.15) is 72.4 Å². The quantitative estimate of drug-likeness (QED) is 0.254. The first-order valence-electron chi connectivity index (χ1n) is 16.6. The molecule has 2 aliphatic carbocycles. The Bertz CT molecular complexity index is 1770. The van der Waals surface area contributed by atoms with E-state index < -0.39 is 48.1 Å². The fourth-order valence-corrected chi connectivity index (χ4v) is 7.13. The summed E-state index contributed by atoms with van der Waals surface area (Å²) in [7, 11) is 0. The predicted molar refractivity (Wildman–Crippen MR) is 176 cm³/mol. The minimum atomic E-state index is -2.83. The number of hydrogen-bond acceptors (Lipinski definition) is 7. The number of nitrogens with zero attached hydrogens (tertiary/aromatic N) is 3. The average molecular weight is 678 g/mol. The Balaban J connectivity index is 1.26. The standard InChI is InChI=1S/C35H41F2N7O5/c1-19(2)27-18-44(33(48)40-27)34(32(47)39-26-8-6-5-7-20(26)3)16-23-9-10-25(15-24(23)17-34)38-31(46)29(22-11-13-35(36,37)14-12-22)41-30(45)28-21(4)42-49-43-28/h5-10,15,19,22,27,29H,11-14,16-18H2,1-4H3,(H,38,46)(H,39,47)(H,40,48)(H,41,45)/t27-,29-,34?/m0/s1. The fraction of sp³-hybridized carbons (Fsp3) is 0.486. The van der Waals surface area contributed by atoms with Crippen LogP contribution in [0.2, 0.25) is 0 Å². The molecular weight excluding hydrogens is 636 g/mol. The number of aryl methyl sites for hydroxylation is 2. The lowest BCUT2D eigenvalue weighted by molar-refractivity contribution is -0.125. The van der Waals surface area contributed by atoms with Crippen LogP contribution in [0.4, 0.5) is 25.0 Å². The van der Waals surface area contributed by atoms with Crippen molar-refractivity contribution >= 4 is 35.1 Å². The monoisotopic (exact) mass is 677 g/mol. The van der Waals surface area contributed by atoms with Crippen LogP contribution >= 0.6 is 0 Å². The molecule has 0 bridgehead atoms. The average Bonchev–Trinajstić information content (AvgIpc) is 3.77. The van der Waals surface area contributed by atoms with Crippen LogP contribution < -0.4 is 21.3 Å². The molecule has 2 aromatic carbocycles. The number of carbonyl (C=O) groups excluding carboxylic acids is 4.